The minimum absolute atomic E-state index is 0. The summed E-state index contributed by atoms with van der Waals surface area (Å²) in [6.45, 7) is 8.33. The molecule has 0 aromatic rings. The molecule has 2 aliphatic heterocycles. The zero-order valence-electron chi connectivity index (χ0n) is 21.8. The van der Waals surface area contributed by atoms with Crippen LogP contribution in [0.4, 0.5) is 4.79 Å². The molecule has 0 fully saturated rings. The van der Waals surface area contributed by atoms with Crippen LogP contribution >= 0.6 is 0 Å². The second-order valence-electron chi connectivity index (χ2n) is 7.12. The SMILES string of the molecule is C1CNC2=[N+](C1)CCCN2.CS(=O)(=O)O.CS(=O)(=O)[O-].NC(N)=[NH2+].NCCCNCCCN.O.O=C([O-])[O-]. The maximum absolute atomic E-state index is 9.19. The van der Waals surface area contributed by atoms with Crippen LogP contribution in [0, 0.1) is 0 Å². The summed E-state index contributed by atoms with van der Waals surface area (Å²) in [6.07, 6.45) is 3.67. The van der Waals surface area contributed by atoms with Crippen molar-refractivity contribution in [3.05, 3.63) is 0 Å². The number of nitrogens with one attached hydrogen (secondary N) is 3. The van der Waals surface area contributed by atoms with E-state index in [1.165, 1.54) is 31.9 Å². The Balaban J connectivity index is -0.000000120. The topological polar surface area (TPSA) is 375 Å². The number of hydrogen-bond acceptors (Lipinski definition) is 13. The van der Waals surface area contributed by atoms with Crippen LogP contribution in [-0.4, -0.2) is 119 Å². The second kappa shape index (κ2) is 29.0. The van der Waals surface area contributed by atoms with Gasteiger partial charge in [-0.3, -0.25) is 36.6 Å². The van der Waals surface area contributed by atoms with Crippen LogP contribution in [0.1, 0.15) is 25.7 Å². The summed E-state index contributed by atoms with van der Waals surface area (Å²) in [7, 11) is -7.58. The largest absolute Gasteiger partial charge is 0.748 e. The number of carboxylic acid groups (broad SMARTS) is 2. The molecule has 232 valence electrons. The first-order chi connectivity index (χ1) is 16.8. The smallest absolute Gasteiger partial charge is 0.345 e. The second-order valence-corrected chi connectivity index (χ2v) is 9.99. The molecule has 2 heterocycles. The van der Waals surface area contributed by atoms with Crippen molar-refractivity contribution in [3.63, 3.8) is 0 Å². The van der Waals surface area contributed by atoms with E-state index in [9.17, 15) is 8.42 Å². The van der Waals surface area contributed by atoms with E-state index >= 15 is 0 Å². The lowest BCUT2D eigenvalue weighted by atomic mass is 10.3. The van der Waals surface area contributed by atoms with Gasteiger partial charge in [0.05, 0.1) is 42.6 Å². The van der Waals surface area contributed by atoms with Crippen LogP contribution in [0.2, 0.25) is 0 Å². The summed E-state index contributed by atoms with van der Waals surface area (Å²) in [6, 6.07) is 0. The lowest BCUT2D eigenvalue weighted by Crippen LogP contribution is -2.52. The third-order valence-corrected chi connectivity index (χ3v) is 3.23. The number of hydrogen-bond donors (Lipinski definition) is 9. The van der Waals surface area contributed by atoms with Crippen molar-refractivity contribution in [3.8, 4) is 0 Å². The van der Waals surface area contributed by atoms with Gasteiger partial charge in [0.25, 0.3) is 10.1 Å². The molecule has 0 saturated heterocycles. The maximum Gasteiger partial charge on any atom is 0.345 e. The van der Waals surface area contributed by atoms with Gasteiger partial charge in [0.2, 0.25) is 0 Å². The van der Waals surface area contributed by atoms with Crippen LogP contribution in [-0.2, 0) is 20.2 Å². The van der Waals surface area contributed by atoms with Crippen molar-refractivity contribution < 1.29 is 56.4 Å². The van der Waals surface area contributed by atoms with Crippen LogP contribution in [0.3, 0.4) is 0 Å². The fraction of sp³-hybridized carbons (Fsp3) is 0.824. The molecule has 0 aliphatic carbocycles. The van der Waals surface area contributed by atoms with Crippen LogP contribution in [0.5, 0.6) is 0 Å². The van der Waals surface area contributed by atoms with Crippen LogP contribution < -0.4 is 54.5 Å². The standard InChI is InChI=1S/C7H13N3.C6H17N3.CH5N3.2CH4O3S.CH2O3.H2O/c1-3-8-7-9-4-2-6-10(7)5-1;7-3-1-5-9-6-2-4-8;2-1(3)4;2*1-5(2,3)4;2-1(3)4;/h1-6H2,(H,8,9);9H,1-8H2;(H5,2,3,4);2*1H3,(H,2,3,4);(H2,2,3,4);1H2/p-1. The summed E-state index contributed by atoms with van der Waals surface area (Å²) >= 11 is 0. The molecule has 0 saturated carbocycles. The highest BCUT2D eigenvalue weighted by atomic mass is 32.2. The molecule has 0 amide bonds. The van der Waals surface area contributed by atoms with Gasteiger partial charge >= 0.3 is 11.9 Å². The fourth-order valence-corrected chi connectivity index (χ4v) is 2.15. The monoisotopic (exact) mass is 600 g/mol. The number of nitrogens with two attached hydrogens (primary N) is 5. The number of guanidine groups is 2. The van der Waals surface area contributed by atoms with Crippen molar-refractivity contribution in [2.24, 2.45) is 22.9 Å². The normalized spacial score (nSPS) is 13.2. The minimum atomic E-state index is -3.92. The van der Waals surface area contributed by atoms with Gasteiger partial charge in [0, 0.05) is 19.1 Å². The molecule has 21 heteroatoms. The third kappa shape index (κ3) is 76.6. The quantitative estimate of drug-likeness (QED) is 0.0449. The first kappa shape index (κ1) is 45.4. The molecule has 2 aliphatic rings. The molecular weight excluding hydrogens is 554 g/mol. The first-order valence-corrected chi connectivity index (χ1v) is 14.6. The summed E-state index contributed by atoms with van der Waals surface area (Å²) in [5, 5.41) is 31.2. The Hall–Kier alpha value is -2.53. The maximum atomic E-state index is 9.19. The molecule has 16 N–H and O–H groups in total. The predicted octanol–water partition coefficient (Wildman–Crippen LogP) is -8.97. The van der Waals surface area contributed by atoms with Crippen molar-refractivity contribution >= 4 is 38.3 Å². The summed E-state index contributed by atoms with van der Waals surface area (Å²) in [4.78, 5) is 8.33. The van der Waals surface area contributed by atoms with Gasteiger partial charge in [0.15, 0.2) is 0 Å². The highest BCUT2D eigenvalue weighted by Crippen LogP contribution is 1.95. The molecule has 2 rings (SSSR count). The van der Waals surface area contributed by atoms with E-state index in [2.05, 4.69) is 37.4 Å². The number of rotatable bonds is 6. The molecule has 0 aromatic heterocycles. The lowest BCUT2D eigenvalue weighted by molar-refractivity contribution is -0.539. The van der Waals surface area contributed by atoms with Gasteiger partial charge in [-0.15, -0.1) is 0 Å². The molecule has 0 bridgehead atoms. The molecule has 0 spiro atoms. The summed E-state index contributed by atoms with van der Waals surface area (Å²) in [5.41, 5.74) is 19.7. The Morgan fingerprint density at radius 1 is 1.00 bits per heavy atom. The van der Waals surface area contributed by atoms with E-state index < -0.39 is 26.4 Å². The van der Waals surface area contributed by atoms with Crippen LogP contribution in [0.15, 0.2) is 0 Å². The number of nitrogens with zero attached hydrogens (tertiary/aromatic N) is 1. The van der Waals surface area contributed by atoms with E-state index in [4.69, 9.17) is 44.0 Å². The van der Waals surface area contributed by atoms with E-state index in [0.717, 1.165) is 52.1 Å². The van der Waals surface area contributed by atoms with E-state index in [0.29, 0.717) is 12.5 Å². The molecule has 0 aromatic carbocycles. The predicted molar refractivity (Wildman–Crippen MR) is 138 cm³/mol. The highest BCUT2D eigenvalue weighted by Gasteiger charge is 2.19. The highest BCUT2D eigenvalue weighted by molar-refractivity contribution is 7.85. The van der Waals surface area contributed by atoms with Crippen molar-refractivity contribution in [2.45, 2.75) is 25.7 Å². The van der Waals surface area contributed by atoms with Gasteiger partial charge in [-0.25, -0.2) is 8.42 Å². The first-order valence-electron chi connectivity index (χ1n) is 10.9. The average Bonchev–Trinajstić information content (AvgIpc) is 2.71. The average molecular weight is 601 g/mol. The Morgan fingerprint density at radius 3 is 1.47 bits per heavy atom. The number of carbonyl (C=O) groups excluding carboxylic acids is 1. The van der Waals surface area contributed by atoms with Gasteiger partial charge in [-0.05, 0) is 45.2 Å². The van der Waals surface area contributed by atoms with Crippen LogP contribution in [0.25, 0.3) is 0 Å². The molecule has 0 radical (unpaired) electrons. The third-order valence-electron chi connectivity index (χ3n) is 3.23. The minimum Gasteiger partial charge on any atom is -0.748 e. The van der Waals surface area contributed by atoms with Crippen molar-refractivity contribution in [1.29, 1.82) is 0 Å². The Kier molecular flexibility index (Phi) is 34.7. The number of carbonyl (C=O) groups is 1. The van der Waals surface area contributed by atoms with E-state index in [1.54, 1.807) is 0 Å². The lowest BCUT2D eigenvalue weighted by Gasteiger charge is -2.22. The van der Waals surface area contributed by atoms with Gasteiger partial charge in [-0.2, -0.15) is 8.42 Å². The van der Waals surface area contributed by atoms with Gasteiger partial charge < -0.3 is 41.8 Å². The zero-order chi connectivity index (χ0) is 29.9. The van der Waals surface area contributed by atoms with E-state index in [1.807, 2.05) is 0 Å². The molecule has 0 unspecified atom stereocenters. The molecule has 19 nitrogen and oxygen atoms in total. The summed E-state index contributed by atoms with van der Waals surface area (Å²) in [5.74, 6) is 1.18. The van der Waals surface area contributed by atoms with Crippen molar-refractivity contribution in [1.82, 2.24) is 16.0 Å². The Labute approximate surface area is 224 Å². The summed E-state index contributed by atoms with van der Waals surface area (Å²) < 4.78 is 55.5. The fourth-order valence-electron chi connectivity index (χ4n) is 2.15. The van der Waals surface area contributed by atoms with Crippen molar-refractivity contribution in [2.75, 3.05) is 64.9 Å². The Bertz CT molecular complexity index is 720. The van der Waals surface area contributed by atoms with Gasteiger partial charge in [0.1, 0.15) is 0 Å². The Morgan fingerprint density at radius 2 is 1.26 bits per heavy atom. The zero-order valence-corrected chi connectivity index (χ0v) is 23.5. The molecular formula is C17H46N9O10S2-. The molecule has 0 atom stereocenters. The van der Waals surface area contributed by atoms with Gasteiger partial charge in [-0.1, -0.05) is 0 Å². The van der Waals surface area contributed by atoms with E-state index in [-0.39, 0.29) is 11.4 Å². The molecule has 38 heavy (non-hydrogen) atoms.